The molecule has 1 N–H and O–H groups in total. The maximum atomic E-state index is 11.9. The highest BCUT2D eigenvalue weighted by Gasteiger charge is 2.31. The number of nitrogens with one attached hydrogen (secondary N) is 1. The van der Waals surface area contributed by atoms with Crippen molar-refractivity contribution in [2.75, 3.05) is 19.8 Å². The predicted octanol–water partition coefficient (Wildman–Crippen LogP) is 1.98. The third-order valence-corrected chi connectivity index (χ3v) is 4.11. The van der Waals surface area contributed by atoms with Crippen LogP contribution in [0.2, 0.25) is 0 Å². The van der Waals surface area contributed by atoms with Crippen LogP contribution >= 0.6 is 0 Å². The molecule has 4 nitrogen and oxygen atoms in total. The molecule has 1 saturated heterocycles. The van der Waals surface area contributed by atoms with Gasteiger partial charge in [0.15, 0.2) is 0 Å². The first kappa shape index (κ1) is 14.8. The zero-order chi connectivity index (χ0) is 13.8. The normalized spacial score (nSPS) is 28.6. The fourth-order valence-electron chi connectivity index (χ4n) is 2.63. The molecule has 2 aliphatic rings. The van der Waals surface area contributed by atoms with E-state index in [9.17, 15) is 4.79 Å². The second-order valence-corrected chi connectivity index (χ2v) is 6.29. The molecule has 1 aliphatic carbocycles. The SMILES string of the molecule is CC(OCC1CC1)C(=O)NC[C@H]1CCO[C@@H]1C(C)C. The van der Waals surface area contributed by atoms with Crippen molar-refractivity contribution in [3.05, 3.63) is 0 Å². The van der Waals surface area contributed by atoms with Gasteiger partial charge in [-0.2, -0.15) is 0 Å². The lowest BCUT2D eigenvalue weighted by Crippen LogP contribution is -2.40. The number of rotatable bonds is 7. The largest absolute Gasteiger partial charge is 0.378 e. The highest BCUT2D eigenvalue weighted by atomic mass is 16.5. The molecule has 0 aromatic carbocycles. The Morgan fingerprint density at radius 1 is 1.32 bits per heavy atom. The third kappa shape index (κ3) is 4.46. The number of carbonyl (C=O) groups excluding carboxylic acids is 1. The van der Waals surface area contributed by atoms with Gasteiger partial charge in [-0.1, -0.05) is 13.8 Å². The van der Waals surface area contributed by atoms with Crippen LogP contribution in [0.1, 0.15) is 40.0 Å². The van der Waals surface area contributed by atoms with Crippen molar-refractivity contribution >= 4 is 5.91 Å². The number of amides is 1. The summed E-state index contributed by atoms with van der Waals surface area (Å²) in [4.78, 5) is 11.9. The average molecular weight is 269 g/mol. The van der Waals surface area contributed by atoms with E-state index in [2.05, 4.69) is 19.2 Å². The van der Waals surface area contributed by atoms with Gasteiger partial charge in [0, 0.05) is 19.1 Å². The molecule has 0 bridgehead atoms. The van der Waals surface area contributed by atoms with Gasteiger partial charge in [-0.05, 0) is 38.0 Å². The first-order valence-corrected chi connectivity index (χ1v) is 7.59. The third-order valence-electron chi connectivity index (χ3n) is 4.11. The maximum Gasteiger partial charge on any atom is 0.248 e. The van der Waals surface area contributed by atoms with Crippen molar-refractivity contribution in [3.8, 4) is 0 Å². The summed E-state index contributed by atoms with van der Waals surface area (Å²) in [6.07, 6.45) is 3.50. The maximum absolute atomic E-state index is 11.9. The van der Waals surface area contributed by atoms with Gasteiger partial charge >= 0.3 is 0 Å². The molecule has 1 amide bonds. The summed E-state index contributed by atoms with van der Waals surface area (Å²) in [5, 5.41) is 3.01. The van der Waals surface area contributed by atoms with E-state index >= 15 is 0 Å². The van der Waals surface area contributed by atoms with E-state index in [1.807, 2.05) is 6.92 Å². The second kappa shape index (κ2) is 6.71. The smallest absolute Gasteiger partial charge is 0.248 e. The lowest BCUT2D eigenvalue weighted by molar-refractivity contribution is -0.132. The van der Waals surface area contributed by atoms with Gasteiger partial charge in [0.2, 0.25) is 5.91 Å². The molecule has 0 aromatic rings. The highest BCUT2D eigenvalue weighted by molar-refractivity contribution is 5.80. The minimum atomic E-state index is -0.333. The summed E-state index contributed by atoms with van der Waals surface area (Å²) >= 11 is 0. The lowest BCUT2D eigenvalue weighted by atomic mass is 9.93. The van der Waals surface area contributed by atoms with Gasteiger partial charge in [0.05, 0.1) is 12.7 Å². The molecular weight excluding hydrogens is 242 g/mol. The monoisotopic (exact) mass is 269 g/mol. The Balaban J connectivity index is 1.66. The molecule has 1 saturated carbocycles. The van der Waals surface area contributed by atoms with Gasteiger partial charge in [-0.15, -0.1) is 0 Å². The van der Waals surface area contributed by atoms with E-state index < -0.39 is 0 Å². The predicted molar refractivity (Wildman–Crippen MR) is 73.8 cm³/mol. The van der Waals surface area contributed by atoms with Gasteiger partial charge in [0.25, 0.3) is 0 Å². The van der Waals surface area contributed by atoms with Crippen LogP contribution in [0.5, 0.6) is 0 Å². The van der Waals surface area contributed by atoms with Gasteiger partial charge < -0.3 is 14.8 Å². The molecule has 19 heavy (non-hydrogen) atoms. The number of hydrogen-bond donors (Lipinski definition) is 1. The van der Waals surface area contributed by atoms with E-state index in [-0.39, 0.29) is 18.1 Å². The number of hydrogen-bond acceptors (Lipinski definition) is 3. The van der Waals surface area contributed by atoms with Crippen LogP contribution in [-0.4, -0.2) is 37.9 Å². The van der Waals surface area contributed by atoms with Crippen molar-refractivity contribution in [2.24, 2.45) is 17.8 Å². The molecule has 1 unspecified atom stereocenters. The fourth-order valence-corrected chi connectivity index (χ4v) is 2.63. The van der Waals surface area contributed by atoms with Crippen molar-refractivity contribution in [1.82, 2.24) is 5.32 Å². The molecule has 110 valence electrons. The molecule has 4 heteroatoms. The van der Waals surface area contributed by atoms with E-state index in [1.54, 1.807) is 0 Å². The zero-order valence-corrected chi connectivity index (χ0v) is 12.4. The molecule has 2 fully saturated rings. The molecule has 1 heterocycles. The van der Waals surface area contributed by atoms with Crippen molar-refractivity contribution in [3.63, 3.8) is 0 Å². The Kier molecular flexibility index (Phi) is 5.22. The number of ether oxygens (including phenoxy) is 2. The van der Waals surface area contributed by atoms with Crippen LogP contribution in [0.25, 0.3) is 0 Å². The highest BCUT2D eigenvalue weighted by Crippen LogP contribution is 2.29. The molecule has 0 spiro atoms. The van der Waals surface area contributed by atoms with Crippen molar-refractivity contribution in [1.29, 1.82) is 0 Å². The minimum Gasteiger partial charge on any atom is -0.378 e. The molecular formula is C15H27NO3. The van der Waals surface area contributed by atoms with Crippen molar-refractivity contribution in [2.45, 2.75) is 52.2 Å². The van der Waals surface area contributed by atoms with E-state index in [0.717, 1.165) is 19.6 Å². The molecule has 0 aromatic heterocycles. The van der Waals surface area contributed by atoms with Crippen LogP contribution in [0, 0.1) is 17.8 Å². The quantitative estimate of drug-likeness (QED) is 0.769. The molecule has 0 radical (unpaired) electrons. The first-order valence-electron chi connectivity index (χ1n) is 7.59. The standard InChI is InChI=1S/C15H27NO3/c1-10(2)14-13(6-7-18-14)8-16-15(17)11(3)19-9-12-4-5-12/h10-14H,4-9H2,1-3H3,(H,16,17)/t11?,13-,14-/m1/s1. The Morgan fingerprint density at radius 3 is 2.68 bits per heavy atom. The fraction of sp³-hybridized carbons (Fsp3) is 0.933. The zero-order valence-electron chi connectivity index (χ0n) is 12.4. The minimum absolute atomic E-state index is 0.00931. The summed E-state index contributed by atoms with van der Waals surface area (Å²) in [5.41, 5.74) is 0. The summed E-state index contributed by atoms with van der Waals surface area (Å²) < 4.78 is 11.3. The van der Waals surface area contributed by atoms with Gasteiger partial charge in [-0.3, -0.25) is 4.79 Å². The van der Waals surface area contributed by atoms with Gasteiger partial charge in [-0.25, -0.2) is 0 Å². The molecule has 3 atom stereocenters. The topological polar surface area (TPSA) is 47.6 Å². The Labute approximate surface area is 116 Å². The van der Waals surface area contributed by atoms with Crippen LogP contribution in [0.15, 0.2) is 0 Å². The lowest BCUT2D eigenvalue weighted by Gasteiger charge is -2.23. The van der Waals surface area contributed by atoms with E-state index in [0.29, 0.717) is 24.3 Å². The average Bonchev–Trinajstić information content (AvgIpc) is 3.08. The summed E-state index contributed by atoms with van der Waals surface area (Å²) in [5.74, 6) is 1.66. The van der Waals surface area contributed by atoms with Crippen molar-refractivity contribution < 1.29 is 14.3 Å². The summed E-state index contributed by atoms with van der Waals surface area (Å²) in [7, 11) is 0. The van der Waals surface area contributed by atoms with E-state index in [1.165, 1.54) is 12.8 Å². The molecule has 2 rings (SSSR count). The van der Waals surface area contributed by atoms with Crippen LogP contribution in [-0.2, 0) is 14.3 Å². The summed E-state index contributed by atoms with van der Waals surface area (Å²) in [6, 6.07) is 0. The Morgan fingerprint density at radius 2 is 2.05 bits per heavy atom. The summed E-state index contributed by atoms with van der Waals surface area (Å²) in [6.45, 7) is 8.44. The van der Waals surface area contributed by atoms with Crippen LogP contribution in [0.3, 0.4) is 0 Å². The van der Waals surface area contributed by atoms with Gasteiger partial charge in [0.1, 0.15) is 6.10 Å². The van der Waals surface area contributed by atoms with E-state index in [4.69, 9.17) is 9.47 Å². The Bertz CT molecular complexity index is 302. The van der Waals surface area contributed by atoms with Crippen LogP contribution in [0.4, 0.5) is 0 Å². The number of carbonyl (C=O) groups is 1. The van der Waals surface area contributed by atoms with Crippen LogP contribution < -0.4 is 5.32 Å². The second-order valence-electron chi connectivity index (χ2n) is 6.29. The first-order chi connectivity index (χ1) is 9.08. The molecule has 1 aliphatic heterocycles. The Hall–Kier alpha value is -0.610.